The smallest absolute Gasteiger partial charge is 0.419 e. The van der Waals surface area contributed by atoms with Crippen molar-refractivity contribution in [2.75, 3.05) is 0 Å². The first-order valence-corrected chi connectivity index (χ1v) is 6.37. The van der Waals surface area contributed by atoms with E-state index in [1.807, 2.05) is 0 Å². The summed E-state index contributed by atoms with van der Waals surface area (Å²) < 4.78 is 38.6. The van der Waals surface area contributed by atoms with E-state index < -0.39 is 17.5 Å². The fraction of sp³-hybridized carbons (Fsp3) is 0.125. The van der Waals surface area contributed by atoms with Crippen molar-refractivity contribution < 1.29 is 18.3 Å². The van der Waals surface area contributed by atoms with Crippen LogP contribution in [-0.4, -0.2) is 16.3 Å². The lowest BCUT2D eigenvalue weighted by Gasteiger charge is -2.13. The predicted molar refractivity (Wildman–Crippen MR) is 79.3 cm³/mol. The minimum absolute atomic E-state index is 0.241. The van der Waals surface area contributed by atoms with Crippen LogP contribution in [0.3, 0.4) is 0 Å². The number of alkyl halides is 3. The third kappa shape index (κ3) is 3.16. The standard InChI is InChI=1S/C16H13F3N2O/c1-3-21-14-6-7-20-9-12(14)10(2)11-4-5-15(22)13(8-11)16(17,18)19/h3-9,22H,2H2,1H3. The van der Waals surface area contributed by atoms with Crippen molar-refractivity contribution in [3.63, 3.8) is 0 Å². The van der Waals surface area contributed by atoms with Crippen molar-refractivity contribution in [1.82, 2.24) is 4.98 Å². The van der Waals surface area contributed by atoms with E-state index >= 15 is 0 Å². The average molecular weight is 306 g/mol. The number of hydrogen-bond acceptors (Lipinski definition) is 3. The lowest BCUT2D eigenvalue weighted by Crippen LogP contribution is -2.06. The van der Waals surface area contributed by atoms with Crippen molar-refractivity contribution in [3.05, 3.63) is 59.9 Å². The molecule has 1 aromatic carbocycles. The first-order chi connectivity index (χ1) is 10.3. The normalized spacial score (nSPS) is 11.8. The van der Waals surface area contributed by atoms with Gasteiger partial charge in [-0.15, -0.1) is 0 Å². The van der Waals surface area contributed by atoms with E-state index in [-0.39, 0.29) is 5.56 Å². The van der Waals surface area contributed by atoms with E-state index in [9.17, 15) is 18.3 Å². The highest BCUT2D eigenvalue weighted by Gasteiger charge is 2.34. The number of aromatic hydroxyl groups is 1. The van der Waals surface area contributed by atoms with Crippen LogP contribution in [0.15, 0.2) is 48.2 Å². The van der Waals surface area contributed by atoms with E-state index in [0.29, 0.717) is 16.8 Å². The summed E-state index contributed by atoms with van der Waals surface area (Å²) >= 11 is 0. The molecule has 2 rings (SSSR count). The minimum Gasteiger partial charge on any atom is -0.507 e. The van der Waals surface area contributed by atoms with Crippen LogP contribution in [0.5, 0.6) is 5.75 Å². The van der Waals surface area contributed by atoms with Gasteiger partial charge in [0.05, 0.1) is 11.3 Å². The second-order valence-electron chi connectivity index (χ2n) is 4.49. The van der Waals surface area contributed by atoms with Gasteiger partial charge in [0.25, 0.3) is 0 Å². The molecule has 0 fully saturated rings. The van der Waals surface area contributed by atoms with Crippen LogP contribution in [0.25, 0.3) is 5.57 Å². The Morgan fingerprint density at radius 3 is 2.68 bits per heavy atom. The Labute approximate surface area is 125 Å². The molecule has 22 heavy (non-hydrogen) atoms. The van der Waals surface area contributed by atoms with Crippen LogP contribution >= 0.6 is 0 Å². The van der Waals surface area contributed by atoms with Gasteiger partial charge in [-0.1, -0.05) is 12.6 Å². The predicted octanol–water partition coefficient (Wildman–Crippen LogP) is 4.59. The molecule has 1 N–H and O–H groups in total. The molecule has 1 aromatic heterocycles. The lowest BCUT2D eigenvalue weighted by atomic mass is 9.97. The number of pyridine rings is 1. The molecule has 0 bridgehead atoms. The van der Waals surface area contributed by atoms with Gasteiger partial charge in [0.2, 0.25) is 0 Å². The fourth-order valence-corrected chi connectivity index (χ4v) is 1.98. The van der Waals surface area contributed by atoms with Crippen molar-refractivity contribution in [3.8, 4) is 5.75 Å². The summed E-state index contributed by atoms with van der Waals surface area (Å²) in [7, 11) is 0. The van der Waals surface area contributed by atoms with Crippen LogP contribution in [0, 0.1) is 0 Å². The van der Waals surface area contributed by atoms with Crippen molar-refractivity contribution >= 4 is 17.5 Å². The largest absolute Gasteiger partial charge is 0.507 e. The Morgan fingerprint density at radius 2 is 2.05 bits per heavy atom. The Kier molecular flexibility index (Phi) is 4.30. The van der Waals surface area contributed by atoms with E-state index in [2.05, 4.69) is 16.6 Å². The van der Waals surface area contributed by atoms with Gasteiger partial charge in [-0.3, -0.25) is 9.98 Å². The number of aliphatic imine (C=N–C) groups is 1. The molecule has 0 aliphatic carbocycles. The van der Waals surface area contributed by atoms with Crippen LogP contribution in [0.1, 0.15) is 23.6 Å². The van der Waals surface area contributed by atoms with Crippen LogP contribution in [0.2, 0.25) is 0 Å². The second kappa shape index (κ2) is 6.01. The lowest BCUT2D eigenvalue weighted by molar-refractivity contribution is -0.138. The van der Waals surface area contributed by atoms with Gasteiger partial charge in [0.1, 0.15) is 5.75 Å². The zero-order chi connectivity index (χ0) is 16.3. The molecular formula is C16H13F3N2O. The Balaban J connectivity index is 2.52. The summed E-state index contributed by atoms with van der Waals surface area (Å²) in [6.07, 6.45) is -0.0361. The number of rotatable bonds is 3. The molecule has 2 aromatic rings. The molecule has 0 amide bonds. The van der Waals surface area contributed by atoms with Gasteiger partial charge in [-0.05, 0) is 36.3 Å². The Morgan fingerprint density at radius 1 is 1.32 bits per heavy atom. The molecule has 0 saturated heterocycles. The minimum atomic E-state index is -4.64. The second-order valence-corrected chi connectivity index (χ2v) is 4.49. The van der Waals surface area contributed by atoms with Crippen molar-refractivity contribution in [2.24, 2.45) is 4.99 Å². The average Bonchev–Trinajstić information content (AvgIpc) is 2.47. The molecule has 0 unspecified atom stereocenters. The number of phenols is 1. The zero-order valence-corrected chi connectivity index (χ0v) is 11.7. The maximum Gasteiger partial charge on any atom is 0.419 e. The number of nitrogens with zero attached hydrogens (tertiary/aromatic N) is 2. The van der Waals surface area contributed by atoms with Gasteiger partial charge >= 0.3 is 6.18 Å². The van der Waals surface area contributed by atoms with E-state index in [0.717, 1.165) is 12.1 Å². The van der Waals surface area contributed by atoms with E-state index in [1.54, 1.807) is 19.2 Å². The summed E-state index contributed by atoms with van der Waals surface area (Å²) in [5, 5.41) is 9.38. The summed E-state index contributed by atoms with van der Waals surface area (Å²) in [6, 6.07) is 4.89. The molecule has 0 atom stereocenters. The van der Waals surface area contributed by atoms with E-state index in [1.165, 1.54) is 18.5 Å². The third-order valence-corrected chi connectivity index (χ3v) is 3.04. The van der Waals surface area contributed by atoms with Crippen molar-refractivity contribution in [1.29, 1.82) is 0 Å². The molecule has 0 spiro atoms. The summed E-state index contributed by atoms with van der Waals surface area (Å²) in [6.45, 7) is 5.56. The summed E-state index contributed by atoms with van der Waals surface area (Å²) in [4.78, 5) is 8.10. The molecule has 0 saturated carbocycles. The number of hydrogen-bond donors (Lipinski definition) is 1. The quantitative estimate of drug-likeness (QED) is 0.843. The van der Waals surface area contributed by atoms with Gasteiger partial charge in [0.15, 0.2) is 0 Å². The summed E-state index contributed by atoms with van der Waals surface area (Å²) in [5.74, 6) is -0.818. The molecule has 114 valence electrons. The first-order valence-electron chi connectivity index (χ1n) is 6.37. The van der Waals surface area contributed by atoms with Gasteiger partial charge in [0, 0.05) is 24.2 Å². The van der Waals surface area contributed by atoms with Gasteiger partial charge in [-0.2, -0.15) is 13.2 Å². The van der Waals surface area contributed by atoms with E-state index in [4.69, 9.17) is 0 Å². The monoisotopic (exact) mass is 306 g/mol. The van der Waals surface area contributed by atoms with Crippen molar-refractivity contribution in [2.45, 2.75) is 13.1 Å². The SMILES string of the molecule is C=C(c1ccc(O)c(C(F)(F)F)c1)c1cnccc1N=CC. The highest BCUT2D eigenvalue weighted by atomic mass is 19.4. The van der Waals surface area contributed by atoms with Gasteiger partial charge in [-0.25, -0.2) is 0 Å². The maximum absolute atomic E-state index is 12.9. The summed E-state index contributed by atoms with van der Waals surface area (Å²) in [5.41, 5.74) is 0.573. The molecule has 1 heterocycles. The highest BCUT2D eigenvalue weighted by molar-refractivity contribution is 5.84. The molecular weight excluding hydrogens is 293 g/mol. The van der Waals surface area contributed by atoms with Crippen LogP contribution in [-0.2, 0) is 6.18 Å². The van der Waals surface area contributed by atoms with Crippen LogP contribution in [0.4, 0.5) is 18.9 Å². The molecule has 3 nitrogen and oxygen atoms in total. The number of halogens is 3. The fourth-order valence-electron chi connectivity index (χ4n) is 1.98. The number of aromatic nitrogens is 1. The Bertz CT molecular complexity index is 736. The van der Waals surface area contributed by atoms with Crippen LogP contribution < -0.4 is 0 Å². The number of phenolic OH excluding ortho intramolecular Hbond substituents is 1. The molecule has 0 aliphatic heterocycles. The zero-order valence-electron chi connectivity index (χ0n) is 11.7. The molecule has 6 heteroatoms. The highest BCUT2D eigenvalue weighted by Crippen LogP contribution is 2.38. The number of benzene rings is 1. The van der Waals surface area contributed by atoms with Gasteiger partial charge < -0.3 is 5.11 Å². The first kappa shape index (κ1) is 15.8. The topological polar surface area (TPSA) is 45.5 Å². The molecule has 0 aliphatic rings. The maximum atomic E-state index is 12.9. The third-order valence-electron chi connectivity index (χ3n) is 3.04. The molecule has 0 radical (unpaired) electrons. The Hall–Kier alpha value is -2.63.